The summed E-state index contributed by atoms with van der Waals surface area (Å²) in [5.74, 6) is -0.369. The first-order valence-electron chi connectivity index (χ1n) is 5.50. The molecule has 1 aromatic carbocycles. The number of carbonyl (C=O) groups excluding carboxylic acids is 1. The number of methoxy groups -OCH3 is 1. The molecule has 0 saturated heterocycles. The summed E-state index contributed by atoms with van der Waals surface area (Å²) in [5, 5.41) is 7.98. The molecule has 0 aliphatic carbocycles. The van der Waals surface area contributed by atoms with Crippen molar-refractivity contribution < 1.29 is 13.7 Å². The van der Waals surface area contributed by atoms with Crippen LogP contribution in [0, 0.1) is 0 Å². The van der Waals surface area contributed by atoms with E-state index in [2.05, 4.69) is 14.9 Å². The fourth-order valence-electron chi connectivity index (χ4n) is 1.64. The van der Waals surface area contributed by atoms with Gasteiger partial charge in [-0.15, -0.1) is 10.2 Å². The minimum absolute atomic E-state index is 0.369. The molecule has 100 valence electrons. The van der Waals surface area contributed by atoms with Gasteiger partial charge in [0.2, 0.25) is 5.16 Å². The van der Waals surface area contributed by atoms with Crippen LogP contribution in [0.25, 0.3) is 0 Å². The first-order chi connectivity index (χ1) is 9.11. The fraction of sp³-hybridized carbons (Fsp3) is 0.250. The van der Waals surface area contributed by atoms with E-state index in [4.69, 9.17) is 0 Å². The van der Waals surface area contributed by atoms with Gasteiger partial charge in [-0.05, 0) is 17.7 Å². The van der Waals surface area contributed by atoms with Crippen molar-refractivity contribution >= 4 is 16.8 Å². The maximum Gasteiger partial charge on any atom is 0.337 e. The summed E-state index contributed by atoms with van der Waals surface area (Å²) in [6, 6.07) is 7.01. The van der Waals surface area contributed by atoms with E-state index in [-0.39, 0.29) is 5.97 Å². The molecule has 1 heterocycles. The van der Waals surface area contributed by atoms with Gasteiger partial charge in [-0.1, -0.05) is 12.1 Å². The number of aromatic nitrogens is 3. The van der Waals surface area contributed by atoms with Crippen molar-refractivity contribution in [2.45, 2.75) is 11.7 Å². The summed E-state index contributed by atoms with van der Waals surface area (Å²) in [6.45, 7) is 0.503. The predicted octanol–water partition coefficient (Wildman–Crippen LogP) is 0.850. The van der Waals surface area contributed by atoms with Crippen LogP contribution in [-0.2, 0) is 22.1 Å². The second-order valence-electron chi connectivity index (χ2n) is 3.88. The first kappa shape index (κ1) is 13.4. The Hall–Kier alpha value is -2.02. The van der Waals surface area contributed by atoms with Crippen molar-refractivity contribution in [2.24, 2.45) is 0 Å². The van der Waals surface area contributed by atoms with E-state index in [1.165, 1.54) is 13.4 Å². The maximum atomic E-state index is 11.4. The van der Waals surface area contributed by atoms with Gasteiger partial charge in [-0.3, -0.25) is 4.21 Å². The Labute approximate surface area is 112 Å². The minimum Gasteiger partial charge on any atom is -0.465 e. The number of hydrogen-bond acceptors (Lipinski definition) is 5. The standard InChI is InChI=1S/C12H13N3O3S/c1-18-11(16)10-5-3-9(4-6-10)7-15-8-13-14-12(15)19(2)17/h3-6,8H,7H2,1-2H3. The van der Waals surface area contributed by atoms with E-state index >= 15 is 0 Å². The number of nitrogens with zero attached hydrogens (tertiary/aromatic N) is 3. The van der Waals surface area contributed by atoms with E-state index < -0.39 is 10.8 Å². The number of benzene rings is 1. The van der Waals surface area contributed by atoms with Crippen LogP contribution in [0.2, 0.25) is 0 Å². The Morgan fingerprint density at radius 2 is 2.05 bits per heavy atom. The monoisotopic (exact) mass is 279 g/mol. The maximum absolute atomic E-state index is 11.4. The second-order valence-corrected chi connectivity index (χ2v) is 5.16. The molecule has 0 saturated carbocycles. The molecule has 0 spiro atoms. The van der Waals surface area contributed by atoms with Crippen LogP contribution in [0.15, 0.2) is 35.7 Å². The lowest BCUT2D eigenvalue weighted by Gasteiger charge is -2.05. The van der Waals surface area contributed by atoms with Crippen molar-refractivity contribution in [1.82, 2.24) is 14.8 Å². The highest BCUT2D eigenvalue weighted by atomic mass is 32.2. The van der Waals surface area contributed by atoms with Gasteiger partial charge in [0.05, 0.1) is 30.0 Å². The Morgan fingerprint density at radius 3 is 2.63 bits per heavy atom. The normalized spacial score (nSPS) is 12.1. The zero-order valence-corrected chi connectivity index (χ0v) is 11.4. The molecule has 0 amide bonds. The highest BCUT2D eigenvalue weighted by Gasteiger charge is 2.09. The van der Waals surface area contributed by atoms with E-state index in [0.29, 0.717) is 17.3 Å². The van der Waals surface area contributed by atoms with Crippen LogP contribution >= 0.6 is 0 Å². The van der Waals surface area contributed by atoms with E-state index in [1.54, 1.807) is 23.0 Å². The molecule has 2 rings (SSSR count). The van der Waals surface area contributed by atoms with Crippen LogP contribution in [0.1, 0.15) is 15.9 Å². The van der Waals surface area contributed by atoms with Gasteiger partial charge in [0, 0.05) is 6.26 Å². The third-order valence-electron chi connectivity index (χ3n) is 2.57. The third kappa shape index (κ3) is 3.05. The van der Waals surface area contributed by atoms with Gasteiger partial charge >= 0.3 is 5.97 Å². The number of ether oxygens (including phenoxy) is 1. The zero-order chi connectivity index (χ0) is 13.8. The Bertz CT molecular complexity index is 607. The molecule has 7 heteroatoms. The molecule has 6 nitrogen and oxygen atoms in total. The Morgan fingerprint density at radius 1 is 1.37 bits per heavy atom. The van der Waals surface area contributed by atoms with Crippen LogP contribution in [0.5, 0.6) is 0 Å². The average Bonchev–Trinajstić information content (AvgIpc) is 2.87. The molecule has 2 aromatic rings. The van der Waals surface area contributed by atoms with Crippen LogP contribution in [-0.4, -0.2) is 38.3 Å². The quantitative estimate of drug-likeness (QED) is 0.776. The molecule has 1 unspecified atom stereocenters. The van der Waals surface area contributed by atoms with Gasteiger partial charge in [-0.2, -0.15) is 0 Å². The smallest absolute Gasteiger partial charge is 0.337 e. The second kappa shape index (κ2) is 5.75. The SMILES string of the molecule is COC(=O)c1ccc(Cn2cnnc2S(C)=O)cc1. The molecule has 0 aliphatic heterocycles. The van der Waals surface area contributed by atoms with Crippen molar-refractivity contribution in [2.75, 3.05) is 13.4 Å². The van der Waals surface area contributed by atoms with Gasteiger partial charge in [0.15, 0.2) is 0 Å². The van der Waals surface area contributed by atoms with Crippen molar-refractivity contribution in [3.05, 3.63) is 41.7 Å². The Balaban J connectivity index is 2.17. The summed E-state index contributed by atoms with van der Waals surface area (Å²) in [4.78, 5) is 11.3. The summed E-state index contributed by atoms with van der Waals surface area (Å²) in [6.07, 6.45) is 3.09. The first-order valence-corrected chi connectivity index (χ1v) is 7.06. The van der Waals surface area contributed by atoms with Crippen LogP contribution < -0.4 is 0 Å². The molecule has 1 atom stereocenters. The van der Waals surface area contributed by atoms with E-state index in [1.807, 2.05) is 12.1 Å². The number of carbonyl (C=O) groups is 1. The summed E-state index contributed by atoms with van der Waals surface area (Å²) in [7, 11) is 0.163. The van der Waals surface area contributed by atoms with Gasteiger partial charge < -0.3 is 9.30 Å². The topological polar surface area (TPSA) is 74.1 Å². The van der Waals surface area contributed by atoms with E-state index in [9.17, 15) is 9.00 Å². The van der Waals surface area contributed by atoms with Crippen molar-refractivity contribution in [3.63, 3.8) is 0 Å². The molecule has 0 fully saturated rings. The lowest BCUT2D eigenvalue weighted by atomic mass is 10.1. The summed E-state index contributed by atoms with van der Waals surface area (Å²) >= 11 is 0. The summed E-state index contributed by atoms with van der Waals surface area (Å²) < 4.78 is 17.8. The lowest BCUT2D eigenvalue weighted by Crippen LogP contribution is -2.06. The van der Waals surface area contributed by atoms with Crippen LogP contribution in [0.4, 0.5) is 0 Å². The predicted molar refractivity (Wildman–Crippen MR) is 69.2 cm³/mol. The van der Waals surface area contributed by atoms with Crippen LogP contribution in [0.3, 0.4) is 0 Å². The number of esters is 1. The highest BCUT2D eigenvalue weighted by Crippen LogP contribution is 2.09. The van der Waals surface area contributed by atoms with Crippen molar-refractivity contribution in [1.29, 1.82) is 0 Å². The zero-order valence-electron chi connectivity index (χ0n) is 10.6. The Kier molecular flexibility index (Phi) is 4.06. The van der Waals surface area contributed by atoms with E-state index in [0.717, 1.165) is 5.56 Å². The summed E-state index contributed by atoms with van der Waals surface area (Å²) in [5.41, 5.74) is 1.45. The van der Waals surface area contributed by atoms with Gasteiger partial charge in [-0.25, -0.2) is 4.79 Å². The molecule has 0 radical (unpaired) electrons. The largest absolute Gasteiger partial charge is 0.465 e. The highest BCUT2D eigenvalue weighted by molar-refractivity contribution is 7.84. The van der Waals surface area contributed by atoms with Crippen molar-refractivity contribution in [3.8, 4) is 0 Å². The molecule has 19 heavy (non-hydrogen) atoms. The molecular weight excluding hydrogens is 266 g/mol. The average molecular weight is 279 g/mol. The molecule has 0 N–H and O–H groups in total. The fourth-order valence-corrected chi connectivity index (χ4v) is 2.24. The lowest BCUT2D eigenvalue weighted by molar-refractivity contribution is 0.0600. The molecular formula is C12H13N3O3S. The molecule has 0 bridgehead atoms. The van der Waals surface area contributed by atoms with Gasteiger partial charge in [0.25, 0.3) is 0 Å². The number of rotatable bonds is 4. The third-order valence-corrected chi connectivity index (χ3v) is 3.40. The number of hydrogen-bond donors (Lipinski definition) is 0. The molecule has 0 aliphatic rings. The minimum atomic E-state index is -1.18. The molecule has 1 aromatic heterocycles. The van der Waals surface area contributed by atoms with Gasteiger partial charge in [0.1, 0.15) is 6.33 Å².